The summed E-state index contributed by atoms with van der Waals surface area (Å²) in [6.45, 7) is 0.466. The lowest BCUT2D eigenvalue weighted by molar-refractivity contribution is -0.139. The van der Waals surface area contributed by atoms with E-state index in [0.717, 1.165) is 10.6 Å². The molecule has 0 bridgehead atoms. The summed E-state index contributed by atoms with van der Waals surface area (Å²) in [6.07, 6.45) is -2.93. The van der Waals surface area contributed by atoms with E-state index in [1.165, 1.54) is 18.2 Å². The molecule has 2 heterocycles. The lowest BCUT2D eigenvalue weighted by Gasteiger charge is -2.17. The van der Waals surface area contributed by atoms with Gasteiger partial charge in [-0.2, -0.15) is 13.2 Å². The Morgan fingerprint density at radius 1 is 1.48 bits per heavy atom. The fourth-order valence-electron chi connectivity index (χ4n) is 2.27. The molecular formula is C13H15F3N2O3. The maximum absolute atomic E-state index is 12.6. The number of carbonyl (C=O) groups excluding carboxylic acids is 1. The Balaban J connectivity index is 2.14. The number of alkyl halides is 3. The van der Waals surface area contributed by atoms with Crippen LogP contribution in [0.5, 0.6) is 0 Å². The topological polar surface area (TPSA) is 51.5 Å². The first kappa shape index (κ1) is 15.6. The molecule has 8 heteroatoms. The van der Waals surface area contributed by atoms with Crippen LogP contribution in [0.1, 0.15) is 12.0 Å². The van der Waals surface area contributed by atoms with Crippen LogP contribution in [0.2, 0.25) is 0 Å². The second-order valence-electron chi connectivity index (χ2n) is 4.84. The zero-order valence-electron chi connectivity index (χ0n) is 11.4. The third kappa shape index (κ3) is 3.44. The highest BCUT2D eigenvalue weighted by Crippen LogP contribution is 2.26. The fraction of sp³-hybridized carbons (Fsp3) is 0.538. The van der Waals surface area contributed by atoms with Crippen molar-refractivity contribution in [3.63, 3.8) is 0 Å². The molecule has 1 fully saturated rings. The van der Waals surface area contributed by atoms with Crippen molar-refractivity contribution < 1.29 is 22.7 Å². The summed E-state index contributed by atoms with van der Waals surface area (Å²) in [6, 6.07) is 1.82. The Labute approximate surface area is 118 Å². The summed E-state index contributed by atoms with van der Waals surface area (Å²) in [7, 11) is 1.54. The molecule has 1 amide bonds. The summed E-state index contributed by atoms with van der Waals surface area (Å²) < 4.78 is 43.8. The number of amides is 1. The van der Waals surface area contributed by atoms with E-state index in [2.05, 4.69) is 0 Å². The Morgan fingerprint density at radius 3 is 2.76 bits per heavy atom. The average Bonchev–Trinajstić information content (AvgIpc) is 2.88. The van der Waals surface area contributed by atoms with Crippen LogP contribution in [0.15, 0.2) is 23.1 Å². The molecular weight excluding hydrogens is 289 g/mol. The molecule has 1 aromatic rings. The summed E-state index contributed by atoms with van der Waals surface area (Å²) >= 11 is 0. The van der Waals surface area contributed by atoms with Crippen LogP contribution in [0.25, 0.3) is 0 Å². The van der Waals surface area contributed by atoms with E-state index in [4.69, 9.17) is 4.74 Å². The zero-order chi connectivity index (χ0) is 15.6. The number of aromatic nitrogens is 1. The number of likely N-dealkylation sites (tertiary alicyclic amines) is 1. The van der Waals surface area contributed by atoms with Gasteiger partial charge < -0.3 is 14.2 Å². The molecule has 1 aliphatic rings. The molecule has 0 aliphatic carbocycles. The zero-order valence-corrected chi connectivity index (χ0v) is 11.4. The van der Waals surface area contributed by atoms with Gasteiger partial charge in [0.1, 0.15) is 12.1 Å². The van der Waals surface area contributed by atoms with Gasteiger partial charge in [0.05, 0.1) is 6.10 Å². The first-order valence-corrected chi connectivity index (χ1v) is 6.40. The van der Waals surface area contributed by atoms with Gasteiger partial charge in [-0.3, -0.25) is 9.59 Å². The predicted molar refractivity (Wildman–Crippen MR) is 67.7 cm³/mol. The molecule has 0 aromatic carbocycles. The number of carbonyl (C=O) groups is 1. The number of nitrogens with zero attached hydrogens (tertiary/aromatic N) is 2. The molecule has 0 spiro atoms. The van der Waals surface area contributed by atoms with Gasteiger partial charge in [-0.15, -0.1) is 0 Å². The Kier molecular flexibility index (Phi) is 4.36. The van der Waals surface area contributed by atoms with E-state index < -0.39 is 29.8 Å². The molecule has 0 saturated carbocycles. The summed E-state index contributed by atoms with van der Waals surface area (Å²) in [4.78, 5) is 25.2. The van der Waals surface area contributed by atoms with Crippen molar-refractivity contribution in [2.75, 3.05) is 20.2 Å². The van der Waals surface area contributed by atoms with Crippen LogP contribution in [-0.2, 0) is 22.3 Å². The van der Waals surface area contributed by atoms with Gasteiger partial charge >= 0.3 is 6.18 Å². The molecule has 1 aliphatic heterocycles. The van der Waals surface area contributed by atoms with Crippen molar-refractivity contribution in [3.8, 4) is 0 Å². The lowest BCUT2D eigenvalue weighted by atomic mass is 10.2. The van der Waals surface area contributed by atoms with Gasteiger partial charge in [0.15, 0.2) is 0 Å². The smallest absolute Gasteiger partial charge is 0.380 e. The van der Waals surface area contributed by atoms with E-state index in [9.17, 15) is 22.8 Å². The Bertz CT molecular complexity index is 583. The van der Waals surface area contributed by atoms with Crippen molar-refractivity contribution >= 4 is 5.91 Å². The van der Waals surface area contributed by atoms with Gasteiger partial charge in [-0.05, 0) is 18.6 Å². The minimum atomic E-state index is -4.72. The first-order valence-electron chi connectivity index (χ1n) is 6.40. The van der Waals surface area contributed by atoms with E-state index >= 15 is 0 Å². The summed E-state index contributed by atoms with van der Waals surface area (Å²) in [5, 5.41) is 0. The molecule has 1 aromatic heterocycles. The normalized spacial score (nSPS) is 19.0. The third-order valence-corrected chi connectivity index (χ3v) is 3.46. The number of pyridine rings is 1. The van der Waals surface area contributed by atoms with Crippen molar-refractivity contribution in [1.82, 2.24) is 9.47 Å². The van der Waals surface area contributed by atoms with Crippen LogP contribution >= 0.6 is 0 Å². The molecule has 2 rings (SSSR count). The second kappa shape index (κ2) is 5.88. The monoisotopic (exact) mass is 304 g/mol. The third-order valence-electron chi connectivity index (χ3n) is 3.46. The maximum atomic E-state index is 12.6. The van der Waals surface area contributed by atoms with Gasteiger partial charge in [0.25, 0.3) is 5.56 Å². The molecule has 0 N–H and O–H groups in total. The summed E-state index contributed by atoms with van der Waals surface area (Å²) in [5.41, 5.74) is -2.48. The van der Waals surface area contributed by atoms with Crippen molar-refractivity contribution in [3.05, 3.63) is 34.2 Å². The SMILES string of the molecule is CO[C@@H]1CCN(C(=O)Cn2cccc(C(F)(F)F)c2=O)C1. The largest absolute Gasteiger partial charge is 0.421 e. The summed E-state index contributed by atoms with van der Waals surface area (Å²) in [5.74, 6) is -0.393. The first-order chi connectivity index (χ1) is 9.82. The molecule has 5 nitrogen and oxygen atoms in total. The number of rotatable bonds is 3. The van der Waals surface area contributed by atoms with Crippen LogP contribution in [0.3, 0.4) is 0 Å². The molecule has 0 radical (unpaired) electrons. The van der Waals surface area contributed by atoms with Crippen LogP contribution < -0.4 is 5.56 Å². The van der Waals surface area contributed by atoms with Crippen molar-refractivity contribution in [1.29, 1.82) is 0 Å². The molecule has 1 atom stereocenters. The maximum Gasteiger partial charge on any atom is 0.421 e. The van der Waals surface area contributed by atoms with E-state index in [1.807, 2.05) is 0 Å². The highest BCUT2D eigenvalue weighted by Gasteiger charge is 2.34. The lowest BCUT2D eigenvalue weighted by Crippen LogP contribution is -2.37. The van der Waals surface area contributed by atoms with Gasteiger partial charge in [-0.25, -0.2) is 0 Å². The van der Waals surface area contributed by atoms with Crippen LogP contribution in [0, 0.1) is 0 Å². The second-order valence-corrected chi connectivity index (χ2v) is 4.84. The predicted octanol–water partition coefficient (Wildman–Crippen LogP) is 1.11. The molecule has 116 valence electrons. The van der Waals surface area contributed by atoms with E-state index in [-0.39, 0.29) is 6.10 Å². The average molecular weight is 304 g/mol. The standard InChI is InChI=1S/C13H15F3N2O3/c1-21-9-4-6-17(7-9)11(19)8-18-5-2-3-10(12(18)20)13(14,15)16/h2-3,5,9H,4,6-8H2,1H3/t9-/m1/s1. The molecule has 0 unspecified atom stereocenters. The van der Waals surface area contributed by atoms with Gasteiger partial charge in [0, 0.05) is 26.4 Å². The van der Waals surface area contributed by atoms with Gasteiger partial charge in [-0.1, -0.05) is 0 Å². The van der Waals surface area contributed by atoms with Gasteiger partial charge in [0.2, 0.25) is 5.91 Å². The fourth-order valence-corrected chi connectivity index (χ4v) is 2.27. The molecule has 21 heavy (non-hydrogen) atoms. The molecule has 1 saturated heterocycles. The van der Waals surface area contributed by atoms with E-state index in [0.29, 0.717) is 25.6 Å². The highest BCUT2D eigenvalue weighted by molar-refractivity contribution is 5.76. The number of ether oxygens (including phenoxy) is 1. The number of halogens is 3. The van der Waals surface area contributed by atoms with Crippen LogP contribution in [-0.4, -0.2) is 41.7 Å². The minimum absolute atomic E-state index is 0.0628. The Hall–Kier alpha value is -1.83. The van der Waals surface area contributed by atoms with Crippen LogP contribution in [0.4, 0.5) is 13.2 Å². The van der Waals surface area contributed by atoms with Crippen molar-refractivity contribution in [2.24, 2.45) is 0 Å². The minimum Gasteiger partial charge on any atom is -0.380 e. The number of hydrogen-bond donors (Lipinski definition) is 0. The number of methoxy groups -OCH3 is 1. The van der Waals surface area contributed by atoms with E-state index in [1.54, 1.807) is 0 Å². The number of hydrogen-bond acceptors (Lipinski definition) is 3. The Morgan fingerprint density at radius 2 is 2.19 bits per heavy atom. The van der Waals surface area contributed by atoms with Crippen molar-refractivity contribution in [2.45, 2.75) is 25.2 Å². The highest BCUT2D eigenvalue weighted by atomic mass is 19.4. The quantitative estimate of drug-likeness (QED) is 0.841.